The summed E-state index contributed by atoms with van der Waals surface area (Å²) in [7, 11) is 0. The number of nitrogens with zero attached hydrogens (tertiary/aromatic N) is 6. The third-order valence-electron chi connectivity index (χ3n) is 12.1. The minimum atomic E-state index is -2.42. The molecule has 3 aliphatic rings. The Kier molecular flexibility index (Phi) is 8.06. The van der Waals surface area contributed by atoms with Gasteiger partial charge in [0.05, 0.1) is 22.1 Å². The van der Waals surface area contributed by atoms with E-state index in [0.29, 0.717) is 28.2 Å². The molecule has 0 saturated carbocycles. The first kappa shape index (κ1) is 34.8. The quantitative estimate of drug-likeness (QED) is 0.0944. The summed E-state index contributed by atoms with van der Waals surface area (Å²) >= 11 is 0. The van der Waals surface area contributed by atoms with E-state index >= 15 is 0 Å². The Labute approximate surface area is 380 Å². The first-order chi connectivity index (χ1) is 31.0. The number of aryl methyl sites for hydroxylation is 1. The summed E-state index contributed by atoms with van der Waals surface area (Å²) in [5.41, 5.74) is 14.6. The van der Waals surface area contributed by atoms with E-state index in [1.165, 1.54) is 15.5 Å². The Hall–Kier alpha value is -6.89. The van der Waals surface area contributed by atoms with Crippen molar-refractivity contribution >= 4 is 85.5 Å². The molecule has 0 radical (unpaired) electrons. The summed E-state index contributed by atoms with van der Waals surface area (Å²) in [4.78, 5) is 12.1. The fraction of sp³-hybridized carbons (Fsp3) is 0.0943. The number of pyridine rings is 1. The molecule has 0 N–H and O–H groups in total. The molecule has 7 aromatic carbocycles. The topological polar surface area (TPSA) is 40.7 Å². The molecule has 12 rings (SSSR count). The van der Waals surface area contributed by atoms with Crippen LogP contribution in [-0.2, 0) is 33.5 Å². The maximum Gasteiger partial charge on any atom is 0.242 e. The first-order valence-corrected chi connectivity index (χ1v) is 20.5. The molecule has 62 heavy (non-hydrogen) atoms. The van der Waals surface area contributed by atoms with Crippen molar-refractivity contribution in [3.8, 4) is 17.2 Å². The predicted octanol–water partition coefficient (Wildman–Crippen LogP) is 10.2. The van der Waals surface area contributed by atoms with Gasteiger partial charge in [-0.1, -0.05) is 111 Å². The van der Waals surface area contributed by atoms with E-state index in [9.17, 15) is 0 Å². The number of anilines is 9. The monoisotopic (exact) mass is 984 g/mol. The van der Waals surface area contributed by atoms with E-state index in [4.69, 9.17) is 13.8 Å². The van der Waals surface area contributed by atoms with E-state index in [0.717, 1.165) is 62.3 Å². The Morgan fingerprint density at radius 2 is 1.23 bits per heavy atom. The van der Waals surface area contributed by atoms with Gasteiger partial charge in [0, 0.05) is 72.9 Å². The zero-order valence-corrected chi connectivity index (χ0v) is 36.3. The molecular formula is C53H39BN6OPt-2. The molecule has 7 nitrogen and oxygen atoms in total. The molecule has 0 atom stereocenters. The number of fused-ring (bicyclic) bond motifs is 1. The second-order valence-electron chi connectivity index (χ2n) is 16.7. The van der Waals surface area contributed by atoms with Crippen molar-refractivity contribution in [3.63, 3.8) is 0 Å². The van der Waals surface area contributed by atoms with Gasteiger partial charge in [-0.25, -0.2) is 4.98 Å². The SMILES string of the molecule is [2H]C([2H])([2H])[n+]1[c-]n(-c2[c-]c(Oc3[c-]c4c5c(c3)N(c3ccccc3)c3cccc6c3B5c3c(cccc3N6c3ccccc3)N4c3cc(C(C)(C)C)ccn3)ccc2)c2ccccc21.[Pt]. The number of benzene rings is 7. The third-order valence-corrected chi connectivity index (χ3v) is 12.1. The number of rotatable bonds is 6. The Bertz CT molecular complexity index is 3340. The van der Waals surface area contributed by atoms with Crippen molar-refractivity contribution < 1.29 is 34.5 Å². The predicted molar refractivity (Wildman–Crippen MR) is 246 cm³/mol. The van der Waals surface area contributed by atoms with Crippen LogP contribution in [0.3, 0.4) is 0 Å². The maximum atomic E-state index is 8.21. The molecule has 0 aliphatic carbocycles. The van der Waals surface area contributed by atoms with Crippen LogP contribution in [0.2, 0.25) is 0 Å². The normalized spacial score (nSPS) is 14.1. The number of imidazole rings is 1. The second kappa shape index (κ2) is 14.4. The summed E-state index contributed by atoms with van der Waals surface area (Å²) in [6.07, 6.45) is 4.97. The third kappa shape index (κ3) is 5.77. The van der Waals surface area contributed by atoms with E-state index in [2.05, 4.69) is 163 Å². The summed E-state index contributed by atoms with van der Waals surface area (Å²) in [6, 6.07) is 60.9. The zero-order valence-electron chi connectivity index (χ0n) is 37.1. The number of aromatic nitrogens is 3. The van der Waals surface area contributed by atoms with Gasteiger partial charge >= 0.3 is 0 Å². The van der Waals surface area contributed by atoms with Crippen LogP contribution in [0, 0.1) is 18.5 Å². The Morgan fingerprint density at radius 3 is 1.89 bits per heavy atom. The standard InChI is InChI=1S/C53H39BN6O.Pt/c1-53(2,3)35-28-29-55-49(30-35)60-46-27-15-25-44-51(46)54-50-43(58(44)36-16-7-5-8-17-36)24-14-26-45(50)59(37-18-9-6-10-19-37)47-32-40(33-48(60)52(47)54)61-39-21-13-20-38(31-39)57-34-56(4)41-22-11-12-23-42(41)57;/h5-30,32H,1-4H3;/q-2;/i4D3;. The fourth-order valence-corrected chi connectivity index (χ4v) is 9.45. The Balaban J connectivity index is 0.00000469. The smallest absolute Gasteiger partial charge is 0.242 e. The molecule has 0 amide bonds. The van der Waals surface area contributed by atoms with Gasteiger partial charge in [-0.3, -0.25) is 0 Å². The van der Waals surface area contributed by atoms with E-state index in [1.54, 1.807) is 10.6 Å². The minimum Gasteiger partial charge on any atom is -0.510 e. The number of hydrogen-bond donors (Lipinski definition) is 0. The van der Waals surface area contributed by atoms with Crippen molar-refractivity contribution in [2.75, 3.05) is 14.7 Å². The van der Waals surface area contributed by atoms with Gasteiger partial charge < -0.3 is 28.6 Å². The maximum absolute atomic E-state index is 8.21. The van der Waals surface area contributed by atoms with Gasteiger partial charge in [0.15, 0.2) is 6.71 Å². The van der Waals surface area contributed by atoms with Crippen molar-refractivity contribution in [1.29, 1.82) is 0 Å². The van der Waals surface area contributed by atoms with Crippen LogP contribution in [0.4, 0.5) is 51.3 Å². The van der Waals surface area contributed by atoms with Crippen LogP contribution in [0.1, 0.15) is 30.4 Å². The van der Waals surface area contributed by atoms with Crippen molar-refractivity contribution in [3.05, 3.63) is 188 Å². The molecule has 9 aromatic rings. The molecule has 0 fully saturated rings. The van der Waals surface area contributed by atoms with Crippen molar-refractivity contribution in [2.45, 2.75) is 26.2 Å². The van der Waals surface area contributed by atoms with Crippen LogP contribution in [0.5, 0.6) is 11.5 Å². The summed E-state index contributed by atoms with van der Waals surface area (Å²) in [6.45, 7) is 4.11. The van der Waals surface area contributed by atoms with Gasteiger partial charge in [0.2, 0.25) is 6.33 Å². The van der Waals surface area contributed by atoms with Gasteiger partial charge in [0.25, 0.3) is 0 Å². The van der Waals surface area contributed by atoms with Crippen LogP contribution in [0.15, 0.2) is 164 Å². The zero-order chi connectivity index (χ0) is 43.5. The van der Waals surface area contributed by atoms with E-state index in [1.807, 2.05) is 48.7 Å². The summed E-state index contributed by atoms with van der Waals surface area (Å²) < 4.78 is 34.4. The fourth-order valence-electron chi connectivity index (χ4n) is 9.45. The van der Waals surface area contributed by atoms with Crippen LogP contribution >= 0.6 is 0 Å². The summed E-state index contributed by atoms with van der Waals surface area (Å²) in [5.74, 6) is 1.70. The van der Waals surface area contributed by atoms with Gasteiger partial charge in [0.1, 0.15) is 5.82 Å². The van der Waals surface area contributed by atoms with Crippen molar-refractivity contribution in [2.24, 2.45) is 6.98 Å². The molecule has 2 aromatic heterocycles. The van der Waals surface area contributed by atoms with Gasteiger partial charge in [-0.05, 0) is 82.6 Å². The van der Waals surface area contributed by atoms with Crippen LogP contribution in [-0.4, -0.2) is 16.3 Å². The second-order valence-corrected chi connectivity index (χ2v) is 16.7. The molecule has 5 heterocycles. The van der Waals surface area contributed by atoms with Crippen molar-refractivity contribution in [1.82, 2.24) is 9.55 Å². The van der Waals surface area contributed by atoms with Gasteiger partial charge in [-0.2, -0.15) is 12.1 Å². The van der Waals surface area contributed by atoms with E-state index in [-0.39, 0.29) is 33.2 Å². The molecule has 3 aliphatic heterocycles. The average Bonchev–Trinajstić information content (AvgIpc) is 3.71. The molecule has 9 heteroatoms. The number of hydrogen-bond acceptors (Lipinski definition) is 5. The van der Waals surface area contributed by atoms with Gasteiger partial charge in [-0.15, -0.1) is 29.7 Å². The molecule has 0 saturated heterocycles. The molecule has 0 spiro atoms. The number of ether oxygens (including phenoxy) is 1. The molecule has 0 unspecified atom stereocenters. The minimum absolute atomic E-state index is 0. The van der Waals surface area contributed by atoms with Crippen LogP contribution in [0.25, 0.3) is 16.7 Å². The largest absolute Gasteiger partial charge is 0.510 e. The average molecular weight is 985 g/mol. The molecular weight excluding hydrogens is 943 g/mol. The van der Waals surface area contributed by atoms with E-state index < -0.39 is 6.98 Å². The first-order valence-electron chi connectivity index (χ1n) is 22.0. The summed E-state index contributed by atoms with van der Waals surface area (Å²) in [5, 5.41) is 0. The number of para-hydroxylation sites is 4. The molecule has 0 bridgehead atoms. The molecule has 302 valence electrons. The van der Waals surface area contributed by atoms with Crippen LogP contribution < -0.4 is 40.4 Å². The Morgan fingerprint density at radius 1 is 0.613 bits per heavy atom.